The summed E-state index contributed by atoms with van der Waals surface area (Å²) < 4.78 is 34.2. The number of fused-ring (bicyclic) bond motifs is 1. The van der Waals surface area contributed by atoms with Crippen molar-refractivity contribution in [2.45, 2.75) is 38.5 Å². The normalized spacial score (nSPS) is 13.9. The van der Waals surface area contributed by atoms with Gasteiger partial charge in [0.05, 0.1) is 11.9 Å². The van der Waals surface area contributed by atoms with E-state index in [0.29, 0.717) is 24.8 Å². The van der Waals surface area contributed by atoms with Crippen molar-refractivity contribution in [3.8, 4) is 17.0 Å². The van der Waals surface area contributed by atoms with Crippen LogP contribution in [0.25, 0.3) is 16.9 Å². The van der Waals surface area contributed by atoms with E-state index in [4.69, 9.17) is 16.3 Å². The van der Waals surface area contributed by atoms with E-state index >= 15 is 0 Å². The van der Waals surface area contributed by atoms with E-state index in [2.05, 4.69) is 37.4 Å². The topological polar surface area (TPSA) is 123 Å². The van der Waals surface area contributed by atoms with Crippen molar-refractivity contribution in [2.24, 2.45) is 0 Å². The Balaban J connectivity index is 1.18. The summed E-state index contributed by atoms with van der Waals surface area (Å²) in [5, 5.41) is 11.7. The fraction of sp³-hybridized carbons (Fsp3) is 0.312. The number of rotatable bonds is 11. The van der Waals surface area contributed by atoms with Gasteiger partial charge in [0.15, 0.2) is 5.65 Å². The maximum Gasteiger partial charge on any atom is 0.387 e. The summed E-state index contributed by atoms with van der Waals surface area (Å²) in [4.78, 5) is 39.5. The van der Waals surface area contributed by atoms with Gasteiger partial charge in [0.25, 0.3) is 5.91 Å². The Morgan fingerprint density at radius 3 is 2.70 bits per heavy atom. The molecule has 1 aliphatic rings. The number of aromatic nitrogens is 6. The molecule has 1 N–H and O–H groups in total. The molecule has 15 heteroatoms. The molecule has 0 bridgehead atoms. The number of alkyl halides is 2. The molecule has 0 atom stereocenters. The van der Waals surface area contributed by atoms with Crippen LogP contribution in [0.1, 0.15) is 28.9 Å². The average molecular weight is 664 g/mol. The monoisotopic (exact) mass is 663 g/mol. The molecule has 0 saturated carbocycles. The Morgan fingerprint density at radius 2 is 1.94 bits per heavy atom. The van der Waals surface area contributed by atoms with Gasteiger partial charge >= 0.3 is 6.61 Å². The average Bonchev–Trinajstić information content (AvgIpc) is 3.69. The second-order valence-corrected chi connectivity index (χ2v) is 11.6. The standard InChI is InChI=1S/C32H32ClF2N9O3/c1-41(14-8-22-5-2-3-11-36-22)23-9-15-42(16-10-23)28(45)20-43-19-26(39-31(46)25-18-38-44-13-4-12-37-30(25)44)29(40-43)24-17-21(33)6-7-27(24)47-32(34)35/h2-7,11-13,17-19,23,32H,8-10,14-16,20H2,1H3,(H,39,46). The molecule has 4 aromatic heterocycles. The van der Waals surface area contributed by atoms with Crippen LogP contribution in [0.5, 0.6) is 5.75 Å². The SMILES string of the molecule is CN(CCc1ccccn1)C1CCN(C(=O)Cn2cc(NC(=O)c3cnn4cccnc34)c(-c3cc(Cl)ccc3OC(F)F)n2)CC1. The second kappa shape index (κ2) is 14.2. The second-order valence-electron chi connectivity index (χ2n) is 11.2. The number of hydrogen-bond acceptors (Lipinski definition) is 8. The van der Waals surface area contributed by atoms with Gasteiger partial charge < -0.3 is 19.9 Å². The van der Waals surface area contributed by atoms with E-state index in [0.717, 1.165) is 31.5 Å². The van der Waals surface area contributed by atoms with Gasteiger partial charge in [-0.25, -0.2) is 9.50 Å². The Morgan fingerprint density at radius 1 is 1.13 bits per heavy atom. The van der Waals surface area contributed by atoms with E-state index in [-0.39, 0.29) is 45.7 Å². The van der Waals surface area contributed by atoms with Crippen LogP contribution in [-0.4, -0.2) is 90.3 Å². The van der Waals surface area contributed by atoms with Crippen LogP contribution in [0.15, 0.2) is 73.4 Å². The third kappa shape index (κ3) is 7.55. The van der Waals surface area contributed by atoms with Gasteiger partial charge in [0.1, 0.15) is 23.6 Å². The number of carbonyl (C=O) groups excluding carboxylic acids is 2. The third-order valence-corrected chi connectivity index (χ3v) is 8.37. The zero-order chi connectivity index (χ0) is 32.9. The Bertz CT molecular complexity index is 1860. The van der Waals surface area contributed by atoms with E-state index in [9.17, 15) is 18.4 Å². The number of ether oxygens (including phenoxy) is 1. The molecular formula is C32H32ClF2N9O3. The van der Waals surface area contributed by atoms with Gasteiger partial charge in [0.2, 0.25) is 5.91 Å². The van der Waals surface area contributed by atoms with Gasteiger partial charge in [-0.3, -0.25) is 19.3 Å². The summed E-state index contributed by atoms with van der Waals surface area (Å²) in [6, 6.07) is 12.0. The molecule has 2 amide bonds. The van der Waals surface area contributed by atoms with Crippen LogP contribution in [-0.2, 0) is 17.8 Å². The van der Waals surface area contributed by atoms with Crippen molar-refractivity contribution in [3.63, 3.8) is 0 Å². The van der Waals surface area contributed by atoms with Crippen molar-refractivity contribution in [1.29, 1.82) is 0 Å². The third-order valence-electron chi connectivity index (χ3n) is 8.13. The number of likely N-dealkylation sites (tertiary alicyclic amines) is 1. The van der Waals surface area contributed by atoms with Gasteiger partial charge in [-0.2, -0.15) is 19.0 Å². The smallest absolute Gasteiger partial charge is 0.387 e. The van der Waals surface area contributed by atoms with E-state index < -0.39 is 12.5 Å². The molecule has 1 saturated heterocycles. The van der Waals surface area contributed by atoms with Gasteiger partial charge in [-0.15, -0.1) is 0 Å². The lowest BCUT2D eigenvalue weighted by Gasteiger charge is -2.36. The molecule has 5 heterocycles. The molecule has 5 aromatic rings. The summed E-state index contributed by atoms with van der Waals surface area (Å²) in [7, 11) is 2.09. The van der Waals surface area contributed by atoms with Crippen LogP contribution < -0.4 is 10.1 Å². The molecule has 1 fully saturated rings. The Kier molecular flexibility index (Phi) is 9.68. The first kappa shape index (κ1) is 32.0. The largest absolute Gasteiger partial charge is 0.434 e. The molecule has 0 aliphatic carbocycles. The lowest BCUT2D eigenvalue weighted by Crippen LogP contribution is -2.46. The van der Waals surface area contributed by atoms with Gasteiger partial charge in [-0.1, -0.05) is 17.7 Å². The Hall–Kier alpha value is -4.95. The predicted molar refractivity (Wildman–Crippen MR) is 170 cm³/mol. The molecular weight excluding hydrogens is 632 g/mol. The highest BCUT2D eigenvalue weighted by molar-refractivity contribution is 6.31. The number of piperidine rings is 1. The minimum Gasteiger partial charge on any atom is -0.434 e. The number of anilines is 1. The highest BCUT2D eigenvalue weighted by atomic mass is 35.5. The van der Waals surface area contributed by atoms with Crippen LogP contribution in [0.4, 0.5) is 14.5 Å². The molecule has 47 heavy (non-hydrogen) atoms. The molecule has 244 valence electrons. The number of likely N-dealkylation sites (N-methyl/N-ethyl adjacent to an activating group) is 1. The first-order valence-electron chi connectivity index (χ1n) is 15.0. The maximum absolute atomic E-state index is 13.4. The van der Waals surface area contributed by atoms with Crippen molar-refractivity contribution < 1.29 is 23.1 Å². The van der Waals surface area contributed by atoms with Crippen LogP contribution in [0.2, 0.25) is 5.02 Å². The number of nitrogens with one attached hydrogen (secondary N) is 1. The summed E-state index contributed by atoms with van der Waals surface area (Å²) in [5.41, 5.74) is 1.93. The maximum atomic E-state index is 13.4. The number of pyridine rings is 1. The fourth-order valence-corrected chi connectivity index (χ4v) is 5.84. The number of carbonyl (C=O) groups is 2. The quantitative estimate of drug-likeness (QED) is 0.217. The summed E-state index contributed by atoms with van der Waals surface area (Å²) in [6.07, 6.45) is 10.3. The first-order valence-corrected chi connectivity index (χ1v) is 15.4. The van der Waals surface area contributed by atoms with Crippen molar-refractivity contribution in [3.05, 3.63) is 89.7 Å². The van der Waals surface area contributed by atoms with Crippen LogP contribution in [0.3, 0.4) is 0 Å². The Labute approximate surface area is 273 Å². The minimum absolute atomic E-state index is 0.0990. The number of hydrogen-bond donors (Lipinski definition) is 1. The lowest BCUT2D eigenvalue weighted by molar-refractivity contribution is -0.133. The fourth-order valence-electron chi connectivity index (χ4n) is 5.67. The molecule has 1 aromatic carbocycles. The lowest BCUT2D eigenvalue weighted by atomic mass is 10.0. The van der Waals surface area contributed by atoms with E-state index in [1.807, 2.05) is 18.2 Å². The number of halogens is 3. The minimum atomic E-state index is -3.11. The zero-order valence-electron chi connectivity index (χ0n) is 25.5. The zero-order valence-corrected chi connectivity index (χ0v) is 26.2. The molecule has 12 nitrogen and oxygen atoms in total. The summed E-state index contributed by atoms with van der Waals surface area (Å²) >= 11 is 6.23. The molecule has 1 aliphatic heterocycles. The number of nitrogens with zero attached hydrogens (tertiary/aromatic N) is 8. The van der Waals surface area contributed by atoms with Gasteiger partial charge in [0, 0.05) is 73.2 Å². The number of amides is 2. The molecule has 0 spiro atoms. The van der Waals surface area contributed by atoms with E-state index in [1.165, 1.54) is 46.0 Å². The summed E-state index contributed by atoms with van der Waals surface area (Å²) in [6.45, 7) is -1.22. The molecule has 0 unspecified atom stereocenters. The highest BCUT2D eigenvalue weighted by Crippen LogP contribution is 2.37. The van der Waals surface area contributed by atoms with Crippen LogP contribution >= 0.6 is 11.6 Å². The number of benzene rings is 1. The first-order chi connectivity index (χ1) is 22.7. The molecule has 6 rings (SSSR count). The highest BCUT2D eigenvalue weighted by Gasteiger charge is 2.27. The molecule has 0 radical (unpaired) electrons. The van der Waals surface area contributed by atoms with Crippen molar-refractivity contribution >= 4 is 34.7 Å². The van der Waals surface area contributed by atoms with Crippen LogP contribution in [0, 0.1) is 0 Å². The predicted octanol–water partition coefficient (Wildman–Crippen LogP) is 4.66. The summed E-state index contributed by atoms with van der Waals surface area (Å²) in [5.74, 6) is -0.907. The van der Waals surface area contributed by atoms with E-state index in [1.54, 1.807) is 23.4 Å². The van der Waals surface area contributed by atoms with Gasteiger partial charge in [-0.05, 0) is 56.3 Å². The van der Waals surface area contributed by atoms with Crippen molar-refractivity contribution in [1.82, 2.24) is 39.2 Å². The van der Waals surface area contributed by atoms with Crippen molar-refractivity contribution in [2.75, 3.05) is 32.0 Å².